The number of anilines is 2. The van der Waals surface area contributed by atoms with E-state index >= 15 is 0 Å². The van der Waals surface area contributed by atoms with E-state index in [1.807, 2.05) is 0 Å². The number of alkyl halides is 9. The number of fused-ring (bicyclic) bond motifs is 1. The van der Waals surface area contributed by atoms with Crippen LogP contribution in [0.5, 0.6) is 0 Å². The Labute approximate surface area is 263 Å². The van der Waals surface area contributed by atoms with Crippen LogP contribution in [0.25, 0.3) is 4.85 Å². The number of hydrogen-bond donors (Lipinski definition) is 0. The average Bonchev–Trinajstić information content (AvgIpc) is 3.34. The molecule has 1 aromatic heterocycles. The Morgan fingerprint density at radius 3 is 2.15 bits per heavy atom. The molecule has 4 aromatic rings. The van der Waals surface area contributed by atoms with Crippen LogP contribution in [0.3, 0.4) is 0 Å². The highest BCUT2D eigenvalue weighted by atomic mass is 19.4. The Morgan fingerprint density at radius 1 is 0.894 bits per heavy atom. The molecule has 0 saturated carbocycles. The summed E-state index contributed by atoms with van der Waals surface area (Å²) >= 11 is 0. The van der Waals surface area contributed by atoms with Gasteiger partial charge >= 0.3 is 18.5 Å². The lowest BCUT2D eigenvalue weighted by Crippen LogP contribution is -2.30. The fourth-order valence-electron chi connectivity index (χ4n) is 5.77. The maximum absolute atomic E-state index is 14.2. The highest BCUT2D eigenvalue weighted by molar-refractivity contribution is 5.62. The zero-order valence-electron chi connectivity index (χ0n) is 24.8. The molecule has 1 atom stereocenters. The van der Waals surface area contributed by atoms with E-state index in [4.69, 9.17) is 6.57 Å². The number of hydrogen-bond acceptors (Lipinski definition) is 5. The van der Waals surface area contributed by atoms with Crippen molar-refractivity contribution in [2.24, 2.45) is 7.05 Å². The third-order valence-corrected chi connectivity index (χ3v) is 7.83. The van der Waals surface area contributed by atoms with E-state index in [0.717, 1.165) is 10.9 Å². The van der Waals surface area contributed by atoms with E-state index in [1.165, 1.54) is 24.9 Å². The zero-order valence-corrected chi connectivity index (χ0v) is 24.8. The van der Waals surface area contributed by atoms with E-state index in [0.29, 0.717) is 35.4 Å². The van der Waals surface area contributed by atoms with Gasteiger partial charge in [-0.05, 0) is 71.5 Å². The van der Waals surface area contributed by atoms with Gasteiger partial charge in [0.15, 0.2) is 5.69 Å². The summed E-state index contributed by atoms with van der Waals surface area (Å²) in [5.74, 6) is -0.134. The predicted molar refractivity (Wildman–Crippen MR) is 153 cm³/mol. The predicted octanol–water partition coefficient (Wildman–Crippen LogP) is 8.67. The maximum Gasteiger partial charge on any atom is 0.416 e. The first kappa shape index (κ1) is 33.6. The van der Waals surface area contributed by atoms with Crippen molar-refractivity contribution < 1.29 is 39.5 Å². The smallest absolute Gasteiger partial charge is 0.367 e. The van der Waals surface area contributed by atoms with Crippen molar-refractivity contribution in [3.63, 3.8) is 0 Å². The molecule has 0 aliphatic carbocycles. The minimum Gasteiger partial charge on any atom is -0.367 e. The van der Waals surface area contributed by atoms with Crippen molar-refractivity contribution in [3.05, 3.63) is 105 Å². The Hall–Kier alpha value is -4.81. The molecule has 0 fully saturated rings. The first-order valence-corrected chi connectivity index (χ1v) is 14.2. The Bertz CT molecular complexity index is 1770. The van der Waals surface area contributed by atoms with Crippen LogP contribution in [0.15, 0.2) is 54.6 Å². The maximum atomic E-state index is 14.2. The van der Waals surface area contributed by atoms with Gasteiger partial charge in [0.1, 0.15) is 0 Å². The van der Waals surface area contributed by atoms with Gasteiger partial charge in [0.2, 0.25) is 0 Å². The minimum atomic E-state index is -5.09. The van der Waals surface area contributed by atoms with E-state index in [9.17, 15) is 39.5 Å². The molecule has 5 rings (SSSR count). The zero-order chi connectivity index (χ0) is 34.3. The molecule has 0 saturated heterocycles. The van der Waals surface area contributed by atoms with Crippen molar-refractivity contribution in [2.75, 3.05) is 16.3 Å². The fourth-order valence-corrected chi connectivity index (χ4v) is 5.77. The van der Waals surface area contributed by atoms with Crippen molar-refractivity contribution in [2.45, 2.75) is 57.4 Å². The van der Waals surface area contributed by atoms with Crippen LogP contribution in [0.1, 0.15) is 57.8 Å². The molecule has 16 heteroatoms. The lowest BCUT2D eigenvalue weighted by atomic mass is 9.94. The Kier molecular flexibility index (Phi) is 8.87. The van der Waals surface area contributed by atoms with Gasteiger partial charge in [-0.2, -0.15) is 44.3 Å². The first-order chi connectivity index (χ1) is 21.9. The second kappa shape index (κ2) is 12.4. The van der Waals surface area contributed by atoms with Crippen LogP contribution in [-0.2, 0) is 38.7 Å². The second-order valence-corrected chi connectivity index (χ2v) is 11.2. The van der Waals surface area contributed by atoms with E-state index in [1.54, 1.807) is 29.2 Å². The molecular weight excluding hydrogens is 641 g/mol. The molecule has 1 aliphatic rings. The molecule has 0 spiro atoms. The lowest BCUT2D eigenvalue weighted by Gasteiger charge is -2.33. The summed E-state index contributed by atoms with van der Waals surface area (Å²) in [7, 11) is 1.42. The molecular formula is C31H26F9N7. The van der Waals surface area contributed by atoms with Crippen molar-refractivity contribution in [1.82, 2.24) is 20.2 Å². The number of aryl methyl sites for hydroxylation is 2. The topological polar surface area (TPSA) is 54.4 Å². The first-order valence-electron chi connectivity index (χ1n) is 14.2. The molecule has 0 unspecified atom stereocenters. The quantitative estimate of drug-likeness (QED) is 0.152. The normalized spacial score (nSPS) is 15.6. The minimum absolute atomic E-state index is 0.0261. The highest BCUT2D eigenvalue weighted by Crippen LogP contribution is 2.44. The van der Waals surface area contributed by atoms with Gasteiger partial charge in [-0.3, -0.25) is 0 Å². The molecule has 0 radical (unpaired) electrons. The third kappa shape index (κ3) is 7.44. The molecule has 0 bridgehead atoms. The van der Waals surface area contributed by atoms with Crippen LogP contribution in [0, 0.1) is 13.5 Å². The highest BCUT2D eigenvalue weighted by Gasteiger charge is 2.39. The van der Waals surface area contributed by atoms with E-state index in [-0.39, 0.29) is 48.3 Å². The van der Waals surface area contributed by atoms with Gasteiger partial charge in [-0.25, -0.2) is 4.85 Å². The summed E-state index contributed by atoms with van der Waals surface area (Å²) in [6.45, 7) is 8.44. The summed E-state index contributed by atoms with van der Waals surface area (Å²) in [6, 6.07) is 9.31. The summed E-state index contributed by atoms with van der Waals surface area (Å²) in [6.07, 6.45) is -14.3. The summed E-state index contributed by atoms with van der Waals surface area (Å²) in [4.78, 5) is 7.57. The molecule has 2 heterocycles. The molecule has 47 heavy (non-hydrogen) atoms. The molecule has 3 aromatic carbocycles. The number of aromatic nitrogens is 4. The fraction of sp³-hybridized carbons (Fsp3) is 0.355. The summed E-state index contributed by atoms with van der Waals surface area (Å²) in [5.41, 5.74) is -2.86. The van der Waals surface area contributed by atoms with Gasteiger partial charge in [0.25, 0.3) is 5.95 Å². The molecule has 0 amide bonds. The van der Waals surface area contributed by atoms with Crippen LogP contribution in [0.4, 0.5) is 56.8 Å². The van der Waals surface area contributed by atoms with Gasteiger partial charge in [0.05, 0.1) is 36.4 Å². The second-order valence-electron chi connectivity index (χ2n) is 11.2. The van der Waals surface area contributed by atoms with Crippen LogP contribution in [-0.4, -0.2) is 26.8 Å². The van der Waals surface area contributed by atoms with E-state index < -0.39 is 47.8 Å². The van der Waals surface area contributed by atoms with Crippen LogP contribution < -0.4 is 9.80 Å². The molecule has 0 N–H and O–H groups in total. The molecule has 7 nitrogen and oxygen atoms in total. The van der Waals surface area contributed by atoms with Crippen LogP contribution in [0.2, 0.25) is 0 Å². The SMILES string of the molecule is [C-]#[N+]c1cccc(CN2CCC[C@H](N(Cc3cc(C(F)(F)F)cc(C(F)(F)F)c3)c3nnn(C)n3)c3cc(C)c(C(F)(F)F)cc32)c1. The monoisotopic (exact) mass is 667 g/mol. The number of nitrogens with zero attached hydrogens (tertiary/aromatic N) is 7. The van der Waals surface area contributed by atoms with Crippen molar-refractivity contribution in [1.29, 1.82) is 0 Å². The number of benzene rings is 3. The summed E-state index contributed by atoms with van der Waals surface area (Å²) in [5, 5.41) is 11.9. The lowest BCUT2D eigenvalue weighted by molar-refractivity contribution is -0.143. The van der Waals surface area contributed by atoms with Crippen LogP contribution >= 0.6 is 0 Å². The van der Waals surface area contributed by atoms with Gasteiger partial charge < -0.3 is 9.80 Å². The van der Waals surface area contributed by atoms with Gasteiger partial charge in [-0.1, -0.05) is 35.4 Å². The number of halogens is 9. The van der Waals surface area contributed by atoms with E-state index in [2.05, 4.69) is 20.3 Å². The molecule has 1 aliphatic heterocycles. The van der Waals surface area contributed by atoms with Gasteiger partial charge in [0, 0.05) is 25.3 Å². The van der Waals surface area contributed by atoms with Crippen molar-refractivity contribution in [3.8, 4) is 0 Å². The largest absolute Gasteiger partial charge is 0.416 e. The average molecular weight is 668 g/mol. The summed E-state index contributed by atoms with van der Waals surface area (Å²) < 4.78 is 125. The van der Waals surface area contributed by atoms with Gasteiger partial charge in [-0.15, -0.1) is 5.10 Å². The molecule has 248 valence electrons. The number of tetrazole rings is 1. The number of rotatable bonds is 6. The van der Waals surface area contributed by atoms with Crippen molar-refractivity contribution >= 4 is 17.3 Å². The Morgan fingerprint density at radius 2 is 1.57 bits per heavy atom. The third-order valence-electron chi connectivity index (χ3n) is 7.83. The Balaban J connectivity index is 1.67. The standard InChI is InChI=1S/C31H26F9N7/c1-18-10-24-26(8-5-9-46(27(24)15-25(18)31(38,39)40)16-19-6-4-7-23(13-19)41-2)47(28-42-44-45(3)43-28)17-20-11-21(29(32,33)34)14-22(12-20)30(35,36)37/h4,6-7,10-15,26H,5,8-9,16-17H2,1,3H3/t26-/m0/s1.